The molecule has 0 saturated carbocycles. The molecule has 0 radical (unpaired) electrons. The highest BCUT2D eigenvalue weighted by molar-refractivity contribution is 7.07. The van der Waals surface area contributed by atoms with Gasteiger partial charge in [0, 0.05) is 6.42 Å². The Labute approximate surface area is 93.7 Å². The summed E-state index contributed by atoms with van der Waals surface area (Å²) in [6, 6.07) is 6.06. The van der Waals surface area contributed by atoms with Crippen molar-refractivity contribution in [2.45, 2.75) is 25.8 Å². The smallest absolute Gasteiger partial charge is 0.121 e. The standard InChI is InChI=1S/C12H15NOS/c1-2-10-3-4-12(14-10)11(13)7-9-5-6-15-8-9/h3-6,8,11H,2,7,13H2,1H3. The van der Waals surface area contributed by atoms with Crippen molar-refractivity contribution >= 4 is 11.3 Å². The maximum atomic E-state index is 6.07. The number of hydrogen-bond acceptors (Lipinski definition) is 3. The van der Waals surface area contributed by atoms with Gasteiger partial charge in [0.05, 0.1) is 6.04 Å². The van der Waals surface area contributed by atoms with Crippen molar-refractivity contribution in [2.24, 2.45) is 5.73 Å². The van der Waals surface area contributed by atoms with Gasteiger partial charge in [0.1, 0.15) is 11.5 Å². The molecule has 0 aliphatic carbocycles. The van der Waals surface area contributed by atoms with Crippen molar-refractivity contribution in [3.05, 3.63) is 46.0 Å². The van der Waals surface area contributed by atoms with E-state index < -0.39 is 0 Å². The molecule has 1 atom stereocenters. The predicted octanol–water partition coefficient (Wildman–Crippen LogP) is 3.15. The lowest BCUT2D eigenvalue weighted by atomic mass is 10.1. The summed E-state index contributed by atoms with van der Waals surface area (Å²) in [6.07, 6.45) is 1.77. The first-order valence-electron chi connectivity index (χ1n) is 5.15. The van der Waals surface area contributed by atoms with E-state index in [1.54, 1.807) is 11.3 Å². The highest BCUT2D eigenvalue weighted by Gasteiger charge is 2.11. The fourth-order valence-electron chi connectivity index (χ4n) is 1.55. The van der Waals surface area contributed by atoms with E-state index in [1.807, 2.05) is 12.1 Å². The van der Waals surface area contributed by atoms with E-state index in [4.69, 9.17) is 10.2 Å². The number of nitrogens with two attached hydrogens (primary N) is 1. The van der Waals surface area contributed by atoms with Gasteiger partial charge in [-0.05, 0) is 40.9 Å². The van der Waals surface area contributed by atoms with E-state index in [9.17, 15) is 0 Å². The second-order valence-corrected chi connectivity index (χ2v) is 4.38. The summed E-state index contributed by atoms with van der Waals surface area (Å²) in [7, 11) is 0. The molecular weight excluding hydrogens is 206 g/mol. The van der Waals surface area contributed by atoms with Crippen LogP contribution in [0.2, 0.25) is 0 Å². The minimum absolute atomic E-state index is 0.0279. The molecule has 2 aromatic heterocycles. The minimum Gasteiger partial charge on any atom is -0.464 e. The lowest BCUT2D eigenvalue weighted by Crippen LogP contribution is -2.11. The molecule has 0 bridgehead atoms. The quantitative estimate of drug-likeness (QED) is 0.861. The summed E-state index contributed by atoms with van der Waals surface area (Å²) in [5.41, 5.74) is 7.34. The van der Waals surface area contributed by atoms with Gasteiger partial charge in [-0.1, -0.05) is 6.92 Å². The van der Waals surface area contributed by atoms with Gasteiger partial charge in [0.2, 0.25) is 0 Å². The zero-order valence-electron chi connectivity index (χ0n) is 8.77. The summed E-state index contributed by atoms with van der Waals surface area (Å²) in [6.45, 7) is 2.08. The molecule has 0 saturated heterocycles. The van der Waals surface area contributed by atoms with Crippen LogP contribution < -0.4 is 5.73 Å². The lowest BCUT2D eigenvalue weighted by Gasteiger charge is -2.06. The summed E-state index contributed by atoms with van der Waals surface area (Å²) in [5, 5.41) is 4.20. The van der Waals surface area contributed by atoms with Crippen LogP contribution in [0.4, 0.5) is 0 Å². The van der Waals surface area contributed by atoms with Crippen LogP contribution in [0.15, 0.2) is 33.4 Å². The Hall–Kier alpha value is -1.06. The van der Waals surface area contributed by atoms with E-state index in [2.05, 4.69) is 23.8 Å². The molecule has 0 spiro atoms. The molecule has 0 fully saturated rings. The van der Waals surface area contributed by atoms with Crippen LogP contribution in [-0.4, -0.2) is 0 Å². The number of rotatable bonds is 4. The third-order valence-corrected chi connectivity index (χ3v) is 3.16. The molecule has 80 valence electrons. The van der Waals surface area contributed by atoms with Crippen molar-refractivity contribution in [1.29, 1.82) is 0 Å². The third kappa shape index (κ3) is 2.49. The first-order chi connectivity index (χ1) is 7.29. The monoisotopic (exact) mass is 221 g/mol. The van der Waals surface area contributed by atoms with Crippen molar-refractivity contribution in [2.75, 3.05) is 0 Å². The van der Waals surface area contributed by atoms with E-state index >= 15 is 0 Å². The Morgan fingerprint density at radius 3 is 2.87 bits per heavy atom. The van der Waals surface area contributed by atoms with Crippen LogP contribution in [0, 0.1) is 0 Å². The lowest BCUT2D eigenvalue weighted by molar-refractivity contribution is 0.434. The van der Waals surface area contributed by atoms with Crippen molar-refractivity contribution < 1.29 is 4.42 Å². The number of furan rings is 1. The fraction of sp³-hybridized carbons (Fsp3) is 0.333. The number of thiophene rings is 1. The largest absolute Gasteiger partial charge is 0.464 e. The van der Waals surface area contributed by atoms with E-state index in [0.717, 1.165) is 24.4 Å². The second kappa shape index (κ2) is 4.64. The molecule has 15 heavy (non-hydrogen) atoms. The highest BCUT2D eigenvalue weighted by Crippen LogP contribution is 2.20. The van der Waals surface area contributed by atoms with Gasteiger partial charge in [0.15, 0.2) is 0 Å². The van der Waals surface area contributed by atoms with Crippen LogP contribution >= 0.6 is 11.3 Å². The molecular formula is C12H15NOS. The normalized spacial score (nSPS) is 12.9. The zero-order valence-corrected chi connectivity index (χ0v) is 9.59. The van der Waals surface area contributed by atoms with Crippen LogP contribution in [0.3, 0.4) is 0 Å². The van der Waals surface area contributed by atoms with Gasteiger partial charge >= 0.3 is 0 Å². The second-order valence-electron chi connectivity index (χ2n) is 3.60. The van der Waals surface area contributed by atoms with Crippen molar-refractivity contribution in [3.8, 4) is 0 Å². The van der Waals surface area contributed by atoms with Crippen LogP contribution in [0.25, 0.3) is 0 Å². The summed E-state index contributed by atoms with van der Waals surface area (Å²) < 4.78 is 5.62. The first kappa shape index (κ1) is 10.5. The van der Waals surface area contributed by atoms with Gasteiger partial charge in [-0.25, -0.2) is 0 Å². The summed E-state index contributed by atoms with van der Waals surface area (Å²) in [4.78, 5) is 0. The van der Waals surface area contributed by atoms with E-state index in [1.165, 1.54) is 5.56 Å². The Morgan fingerprint density at radius 2 is 2.27 bits per heavy atom. The van der Waals surface area contributed by atoms with Gasteiger partial charge in [-0.2, -0.15) is 11.3 Å². The van der Waals surface area contributed by atoms with Crippen LogP contribution in [-0.2, 0) is 12.8 Å². The highest BCUT2D eigenvalue weighted by atomic mass is 32.1. The van der Waals surface area contributed by atoms with Crippen LogP contribution in [0.1, 0.15) is 30.0 Å². The van der Waals surface area contributed by atoms with Gasteiger partial charge in [0.25, 0.3) is 0 Å². The zero-order chi connectivity index (χ0) is 10.7. The molecule has 2 N–H and O–H groups in total. The molecule has 0 aromatic carbocycles. The average Bonchev–Trinajstić information content (AvgIpc) is 2.86. The maximum absolute atomic E-state index is 6.07. The fourth-order valence-corrected chi connectivity index (χ4v) is 2.23. The van der Waals surface area contributed by atoms with Crippen molar-refractivity contribution in [3.63, 3.8) is 0 Å². The minimum atomic E-state index is -0.0279. The Bertz CT molecular complexity index is 405. The summed E-state index contributed by atoms with van der Waals surface area (Å²) in [5.74, 6) is 1.89. The number of aryl methyl sites for hydroxylation is 1. The molecule has 3 heteroatoms. The average molecular weight is 221 g/mol. The Balaban J connectivity index is 2.04. The molecule has 2 aromatic rings. The third-order valence-electron chi connectivity index (χ3n) is 2.43. The van der Waals surface area contributed by atoms with E-state index in [0.29, 0.717) is 0 Å². The topological polar surface area (TPSA) is 39.2 Å². The molecule has 2 rings (SSSR count). The molecule has 0 amide bonds. The molecule has 2 heterocycles. The van der Waals surface area contributed by atoms with Gasteiger partial charge in [-0.3, -0.25) is 0 Å². The Morgan fingerprint density at radius 1 is 1.40 bits per heavy atom. The molecule has 0 aliphatic heterocycles. The molecule has 0 aliphatic rings. The first-order valence-corrected chi connectivity index (χ1v) is 6.09. The van der Waals surface area contributed by atoms with Gasteiger partial charge < -0.3 is 10.2 Å². The van der Waals surface area contributed by atoms with Crippen molar-refractivity contribution in [1.82, 2.24) is 0 Å². The summed E-state index contributed by atoms with van der Waals surface area (Å²) >= 11 is 1.70. The predicted molar refractivity (Wildman–Crippen MR) is 63.0 cm³/mol. The molecule has 1 unspecified atom stereocenters. The maximum Gasteiger partial charge on any atom is 0.121 e. The molecule has 2 nitrogen and oxygen atoms in total. The van der Waals surface area contributed by atoms with Crippen LogP contribution in [0.5, 0.6) is 0 Å². The van der Waals surface area contributed by atoms with E-state index in [-0.39, 0.29) is 6.04 Å². The Kier molecular flexibility index (Phi) is 3.23. The van der Waals surface area contributed by atoms with Gasteiger partial charge in [-0.15, -0.1) is 0 Å². The number of hydrogen-bond donors (Lipinski definition) is 1. The SMILES string of the molecule is CCc1ccc(C(N)Cc2ccsc2)o1.